The molecule has 0 atom stereocenters. The molecule has 0 bridgehead atoms. The van der Waals surface area contributed by atoms with Crippen molar-refractivity contribution in [2.24, 2.45) is 5.10 Å². The molecule has 2 aromatic carbocycles. The molecule has 4 rings (SSSR count). The number of benzene rings is 2. The molecule has 0 unspecified atom stereocenters. The highest BCUT2D eigenvalue weighted by molar-refractivity contribution is 8.01. The summed E-state index contributed by atoms with van der Waals surface area (Å²) in [5.74, 6) is -0.227. The second-order valence-electron chi connectivity index (χ2n) is 7.26. The number of ether oxygens (including phenoxy) is 1. The predicted octanol–water partition coefficient (Wildman–Crippen LogP) is 2.47. The van der Waals surface area contributed by atoms with Crippen molar-refractivity contribution in [1.29, 1.82) is 0 Å². The summed E-state index contributed by atoms with van der Waals surface area (Å²) in [5.41, 5.74) is 5.60. The van der Waals surface area contributed by atoms with Gasteiger partial charge in [0.1, 0.15) is 5.75 Å². The van der Waals surface area contributed by atoms with E-state index in [1.54, 1.807) is 46.7 Å². The van der Waals surface area contributed by atoms with E-state index < -0.39 is 22.7 Å². The number of nitrogens with zero attached hydrogens (tertiary/aromatic N) is 4. The van der Waals surface area contributed by atoms with E-state index in [0.29, 0.717) is 29.4 Å². The van der Waals surface area contributed by atoms with Crippen LogP contribution in [0.25, 0.3) is 0 Å². The van der Waals surface area contributed by atoms with Crippen LogP contribution in [0, 0.1) is 0 Å². The van der Waals surface area contributed by atoms with Gasteiger partial charge in [-0.25, -0.2) is 4.79 Å². The summed E-state index contributed by atoms with van der Waals surface area (Å²) in [4.78, 5) is 11.7. The average molecular weight is 492 g/mol. The van der Waals surface area contributed by atoms with Crippen molar-refractivity contribution in [1.82, 2.24) is 15.1 Å². The number of hydrogen-bond acceptors (Lipinski definition) is 10. The third kappa shape index (κ3) is 5.06. The summed E-state index contributed by atoms with van der Waals surface area (Å²) in [6, 6.07) is 12.5. The van der Waals surface area contributed by atoms with Crippen molar-refractivity contribution in [2.75, 3.05) is 18.3 Å². The van der Waals surface area contributed by atoms with Gasteiger partial charge in [0.05, 0.1) is 17.1 Å². The van der Waals surface area contributed by atoms with Crippen molar-refractivity contribution < 1.29 is 27.6 Å². The van der Waals surface area contributed by atoms with Gasteiger partial charge >= 0.3 is 5.97 Å². The maximum atomic E-state index is 11.4. The van der Waals surface area contributed by atoms with E-state index in [4.69, 9.17) is 9.84 Å². The number of hydrazone groups is 1. The first-order valence-corrected chi connectivity index (χ1v) is 11.9. The maximum Gasteiger partial charge on any atom is 0.341 e. The molecule has 2 aromatic rings. The number of anilines is 1. The van der Waals surface area contributed by atoms with Crippen LogP contribution in [0.1, 0.15) is 19.4 Å². The summed E-state index contributed by atoms with van der Waals surface area (Å²) in [5, 5.41) is 16.8. The molecule has 2 heterocycles. The highest BCUT2D eigenvalue weighted by Crippen LogP contribution is 2.36. The van der Waals surface area contributed by atoms with E-state index in [1.165, 1.54) is 29.7 Å². The van der Waals surface area contributed by atoms with Crippen LogP contribution in [-0.2, 0) is 14.9 Å². The molecule has 2 aliphatic rings. The molecule has 174 valence electrons. The normalized spacial score (nSPS) is 16.8. The highest BCUT2D eigenvalue weighted by atomic mass is 32.2. The maximum absolute atomic E-state index is 11.4. The lowest BCUT2D eigenvalue weighted by atomic mass is 10.2. The van der Waals surface area contributed by atoms with Crippen molar-refractivity contribution >= 4 is 39.6 Å². The third-order valence-electron chi connectivity index (χ3n) is 4.84. The van der Waals surface area contributed by atoms with Gasteiger partial charge in [0, 0.05) is 5.56 Å². The Morgan fingerprint density at radius 1 is 1.21 bits per heavy atom. The van der Waals surface area contributed by atoms with E-state index in [9.17, 15) is 17.8 Å². The summed E-state index contributed by atoms with van der Waals surface area (Å²) in [6.07, 6.45) is 0. The van der Waals surface area contributed by atoms with Gasteiger partial charge in [0.25, 0.3) is 10.1 Å². The topological polar surface area (TPSA) is 135 Å². The van der Waals surface area contributed by atoms with Crippen LogP contribution < -0.4 is 15.3 Å². The minimum Gasteiger partial charge on any atom is -0.482 e. The molecular formula is C20H21N5O6S2. The number of carbonyl (C=O) groups is 1. The summed E-state index contributed by atoms with van der Waals surface area (Å²) >= 11 is 1.51. The number of amidine groups is 1. The van der Waals surface area contributed by atoms with Crippen molar-refractivity contribution in [2.45, 2.75) is 18.7 Å². The van der Waals surface area contributed by atoms with Gasteiger partial charge in [0.15, 0.2) is 12.4 Å². The standard InChI is InChI=1S/C20H21N5O6S2/c1-13-11-23(32-14(13)2)25-22-20(15-4-3-5-17(10-15)31-12-19(26)27)21-24(25)16-6-8-18(9-7-16)33(28,29)30/h3-10H,11-12H2,1-2H3,(H,21,22)(H,26,27)(H,28,29,30). The zero-order valence-electron chi connectivity index (χ0n) is 17.7. The molecule has 11 nitrogen and oxygen atoms in total. The average Bonchev–Trinajstić information content (AvgIpc) is 3.36. The number of hydrogen-bond donors (Lipinski definition) is 3. The van der Waals surface area contributed by atoms with Crippen LogP contribution in [0.5, 0.6) is 5.75 Å². The minimum absolute atomic E-state index is 0.217. The van der Waals surface area contributed by atoms with E-state index in [-0.39, 0.29) is 4.90 Å². The molecular weight excluding hydrogens is 470 g/mol. The largest absolute Gasteiger partial charge is 0.482 e. The molecule has 13 heteroatoms. The Balaban J connectivity index is 1.64. The number of rotatable bonds is 7. The van der Waals surface area contributed by atoms with Gasteiger partial charge in [-0.2, -0.15) is 13.5 Å². The molecule has 0 amide bonds. The fraction of sp³-hybridized carbons (Fsp3) is 0.200. The first kappa shape index (κ1) is 22.9. The van der Waals surface area contributed by atoms with E-state index >= 15 is 0 Å². The van der Waals surface area contributed by atoms with Crippen LogP contribution in [0.2, 0.25) is 0 Å². The van der Waals surface area contributed by atoms with Gasteiger partial charge in [-0.3, -0.25) is 9.98 Å². The lowest BCUT2D eigenvalue weighted by molar-refractivity contribution is -0.139. The summed E-state index contributed by atoms with van der Waals surface area (Å²) in [7, 11) is -4.32. The molecule has 2 aliphatic heterocycles. The molecule has 0 spiro atoms. The number of nitrogens with one attached hydrogen (secondary N) is 1. The Morgan fingerprint density at radius 2 is 1.94 bits per heavy atom. The Bertz CT molecular complexity index is 1230. The van der Waals surface area contributed by atoms with Gasteiger partial charge in [-0.05, 0) is 72.7 Å². The van der Waals surface area contributed by atoms with Gasteiger partial charge in [0.2, 0.25) is 0 Å². The lowest BCUT2D eigenvalue weighted by Crippen LogP contribution is -2.49. The van der Waals surface area contributed by atoms with Crippen LogP contribution >= 0.6 is 11.9 Å². The Hall–Kier alpha value is -3.26. The molecule has 0 aliphatic carbocycles. The molecule has 33 heavy (non-hydrogen) atoms. The van der Waals surface area contributed by atoms with Gasteiger partial charge in [-0.15, -0.1) is 9.52 Å². The summed E-state index contributed by atoms with van der Waals surface area (Å²) < 4.78 is 39.3. The quantitative estimate of drug-likeness (QED) is 0.389. The molecule has 0 fully saturated rings. The monoisotopic (exact) mass is 491 g/mol. The second-order valence-corrected chi connectivity index (χ2v) is 9.90. The highest BCUT2D eigenvalue weighted by Gasteiger charge is 2.33. The molecule has 0 saturated heterocycles. The number of carboxylic acids is 1. The van der Waals surface area contributed by atoms with Crippen molar-refractivity contribution in [3.63, 3.8) is 0 Å². The van der Waals surface area contributed by atoms with Crippen molar-refractivity contribution in [3.05, 3.63) is 64.6 Å². The van der Waals surface area contributed by atoms with E-state index in [0.717, 1.165) is 4.91 Å². The van der Waals surface area contributed by atoms with E-state index in [1.807, 2.05) is 18.3 Å². The van der Waals surface area contributed by atoms with Crippen LogP contribution in [0.4, 0.5) is 5.69 Å². The number of hydrazine groups is 3. The number of allylic oxidation sites excluding steroid dienone is 1. The lowest BCUT2D eigenvalue weighted by Gasteiger charge is -2.32. The molecule has 3 N–H and O–H groups in total. The Labute approximate surface area is 194 Å². The second kappa shape index (κ2) is 8.94. The van der Waals surface area contributed by atoms with Crippen LogP contribution in [0.15, 0.2) is 69.0 Å². The van der Waals surface area contributed by atoms with Crippen molar-refractivity contribution in [3.8, 4) is 5.75 Å². The first-order chi connectivity index (χ1) is 15.6. The molecule has 0 radical (unpaired) electrons. The van der Waals surface area contributed by atoms with Crippen LogP contribution in [0.3, 0.4) is 0 Å². The minimum atomic E-state index is -4.32. The first-order valence-electron chi connectivity index (χ1n) is 9.71. The number of aliphatic carboxylic acids is 1. The SMILES string of the molecule is CC1=C(C)SN(N2N=C(c3cccc(OCC(=O)O)c3)NN2c2ccc(S(=O)(=O)O)cc2)C1. The molecule has 0 aromatic heterocycles. The zero-order chi connectivity index (χ0) is 23.8. The Morgan fingerprint density at radius 3 is 2.55 bits per heavy atom. The predicted molar refractivity (Wildman–Crippen MR) is 122 cm³/mol. The fourth-order valence-corrected chi connectivity index (χ4v) is 4.52. The third-order valence-corrected chi connectivity index (χ3v) is 6.82. The number of carboxylic acid groups (broad SMARTS) is 1. The summed E-state index contributed by atoms with van der Waals surface area (Å²) in [6.45, 7) is 4.21. The Kier molecular flexibility index (Phi) is 6.21. The smallest absolute Gasteiger partial charge is 0.341 e. The zero-order valence-corrected chi connectivity index (χ0v) is 19.3. The van der Waals surface area contributed by atoms with Gasteiger partial charge < -0.3 is 9.84 Å². The fourth-order valence-electron chi connectivity index (χ4n) is 3.06. The van der Waals surface area contributed by atoms with Gasteiger partial charge in [-0.1, -0.05) is 17.4 Å². The van der Waals surface area contributed by atoms with E-state index in [2.05, 4.69) is 10.5 Å². The molecule has 0 saturated carbocycles. The van der Waals surface area contributed by atoms with Crippen LogP contribution in [-0.4, -0.2) is 52.7 Å².